The second-order valence-corrected chi connectivity index (χ2v) is 8.33. The van der Waals surface area contributed by atoms with Crippen LogP contribution in [-0.2, 0) is 16.0 Å². The molecule has 1 aromatic heterocycles. The van der Waals surface area contributed by atoms with E-state index in [1.807, 2.05) is 35.2 Å². The number of nitrogens with one attached hydrogen (secondary N) is 1. The smallest absolute Gasteiger partial charge is 0.225 e. The fourth-order valence-corrected chi connectivity index (χ4v) is 4.10. The number of carbonyl (C=O) groups excluding carboxylic acids is 2. The Balaban J connectivity index is 1.25. The Morgan fingerprint density at radius 2 is 1.84 bits per heavy atom. The van der Waals surface area contributed by atoms with E-state index in [0.717, 1.165) is 31.4 Å². The molecule has 8 nitrogen and oxygen atoms in total. The Hall–Kier alpha value is -3.34. The normalized spacial score (nSPS) is 16.7. The number of anilines is 1. The number of piperidine rings is 1. The van der Waals surface area contributed by atoms with Gasteiger partial charge in [0.15, 0.2) is 0 Å². The Morgan fingerprint density at radius 1 is 1.13 bits per heavy atom. The number of nitrogen functional groups attached to an aromatic ring is 1. The van der Waals surface area contributed by atoms with E-state index in [0.29, 0.717) is 49.6 Å². The number of hydrogen-bond acceptors (Lipinski definition) is 5. The average molecular weight is 421 g/mol. The standard InChI is InChI=1S/C23H28N6O2/c24-15-19-20(27-29(21(19)25)18-5-2-1-3-6-18)7-4-12-26-22(30)16-10-13-28(14-11-16)23(31)17-8-9-17/h1-3,5-6,16-17H,4,7-14,25H2,(H,26,30). The van der Waals surface area contributed by atoms with Crippen LogP contribution in [0.3, 0.4) is 0 Å². The van der Waals surface area contributed by atoms with E-state index in [-0.39, 0.29) is 23.7 Å². The summed E-state index contributed by atoms with van der Waals surface area (Å²) < 4.78 is 1.59. The van der Waals surface area contributed by atoms with Gasteiger partial charge >= 0.3 is 0 Å². The monoisotopic (exact) mass is 420 g/mol. The highest BCUT2D eigenvalue weighted by Gasteiger charge is 2.35. The molecule has 1 saturated carbocycles. The molecule has 31 heavy (non-hydrogen) atoms. The summed E-state index contributed by atoms with van der Waals surface area (Å²) in [7, 11) is 0. The maximum Gasteiger partial charge on any atom is 0.225 e. The van der Waals surface area contributed by atoms with Crippen LogP contribution in [0.5, 0.6) is 0 Å². The van der Waals surface area contributed by atoms with Gasteiger partial charge in [0, 0.05) is 31.5 Å². The molecule has 0 spiro atoms. The highest BCUT2D eigenvalue weighted by Crippen LogP contribution is 2.32. The first kappa shape index (κ1) is 20.9. The van der Waals surface area contributed by atoms with Crippen molar-refractivity contribution in [3.8, 4) is 11.8 Å². The van der Waals surface area contributed by atoms with Crippen LogP contribution in [0.2, 0.25) is 0 Å². The molecule has 2 heterocycles. The lowest BCUT2D eigenvalue weighted by atomic mass is 9.95. The van der Waals surface area contributed by atoms with E-state index >= 15 is 0 Å². The van der Waals surface area contributed by atoms with E-state index in [1.54, 1.807) is 4.68 Å². The number of nitrogens with zero attached hydrogens (tertiary/aromatic N) is 4. The number of aromatic nitrogens is 2. The van der Waals surface area contributed by atoms with Gasteiger partial charge in [0.05, 0.1) is 11.4 Å². The molecule has 2 aromatic rings. The van der Waals surface area contributed by atoms with E-state index < -0.39 is 0 Å². The van der Waals surface area contributed by atoms with Gasteiger partial charge in [0.25, 0.3) is 0 Å². The second kappa shape index (κ2) is 9.21. The molecule has 3 N–H and O–H groups in total. The summed E-state index contributed by atoms with van der Waals surface area (Å²) in [6, 6.07) is 11.6. The maximum atomic E-state index is 12.5. The van der Waals surface area contributed by atoms with Crippen molar-refractivity contribution in [2.24, 2.45) is 11.8 Å². The van der Waals surface area contributed by atoms with Crippen molar-refractivity contribution in [2.75, 3.05) is 25.4 Å². The Bertz CT molecular complexity index is 981. The molecule has 8 heteroatoms. The Kier molecular flexibility index (Phi) is 6.21. The molecule has 2 amide bonds. The van der Waals surface area contributed by atoms with E-state index in [9.17, 15) is 14.9 Å². The molecule has 1 saturated heterocycles. The zero-order valence-corrected chi connectivity index (χ0v) is 17.6. The molecular formula is C23H28N6O2. The fraction of sp³-hybridized carbons (Fsp3) is 0.478. The van der Waals surface area contributed by atoms with Crippen LogP contribution in [0.15, 0.2) is 30.3 Å². The van der Waals surface area contributed by atoms with Crippen LogP contribution in [-0.4, -0.2) is 46.1 Å². The minimum atomic E-state index is -0.0362. The summed E-state index contributed by atoms with van der Waals surface area (Å²) in [6.07, 6.45) is 4.71. The third kappa shape index (κ3) is 4.71. The third-order valence-electron chi connectivity index (χ3n) is 6.10. The Morgan fingerprint density at radius 3 is 2.48 bits per heavy atom. The molecule has 2 aliphatic rings. The van der Waals surface area contributed by atoms with Crippen LogP contribution in [0.25, 0.3) is 5.69 Å². The van der Waals surface area contributed by atoms with Gasteiger partial charge in [-0.3, -0.25) is 9.59 Å². The number of amides is 2. The number of hydrogen-bond donors (Lipinski definition) is 2. The van der Waals surface area contributed by atoms with Crippen LogP contribution in [0.4, 0.5) is 5.82 Å². The summed E-state index contributed by atoms with van der Waals surface area (Å²) in [6.45, 7) is 1.87. The predicted molar refractivity (Wildman–Crippen MR) is 116 cm³/mol. The molecule has 1 aliphatic carbocycles. The molecular weight excluding hydrogens is 392 g/mol. The quantitative estimate of drug-likeness (QED) is 0.665. The lowest BCUT2D eigenvalue weighted by Gasteiger charge is -2.31. The molecule has 0 atom stereocenters. The zero-order valence-electron chi connectivity index (χ0n) is 17.6. The minimum Gasteiger partial charge on any atom is -0.382 e. The van der Waals surface area contributed by atoms with Crippen molar-refractivity contribution in [2.45, 2.75) is 38.5 Å². The summed E-state index contributed by atoms with van der Waals surface area (Å²) in [4.78, 5) is 26.5. The molecule has 162 valence electrons. The largest absolute Gasteiger partial charge is 0.382 e. The maximum absolute atomic E-state index is 12.5. The highest BCUT2D eigenvalue weighted by molar-refractivity contribution is 5.82. The van der Waals surface area contributed by atoms with Crippen molar-refractivity contribution in [1.82, 2.24) is 20.0 Å². The first-order valence-electron chi connectivity index (χ1n) is 11.0. The molecule has 0 bridgehead atoms. The number of rotatable bonds is 7. The fourth-order valence-electron chi connectivity index (χ4n) is 4.10. The van der Waals surface area contributed by atoms with Gasteiger partial charge in [-0.2, -0.15) is 10.4 Å². The van der Waals surface area contributed by atoms with Gasteiger partial charge in [-0.1, -0.05) is 18.2 Å². The van der Waals surface area contributed by atoms with Gasteiger partial charge in [0.1, 0.15) is 17.5 Å². The van der Waals surface area contributed by atoms with Gasteiger partial charge in [-0.05, 0) is 50.7 Å². The molecule has 1 aliphatic heterocycles. The number of para-hydroxylation sites is 1. The number of likely N-dealkylation sites (tertiary alicyclic amines) is 1. The molecule has 4 rings (SSSR count). The van der Waals surface area contributed by atoms with Crippen molar-refractivity contribution in [3.05, 3.63) is 41.6 Å². The number of aryl methyl sites for hydroxylation is 1. The van der Waals surface area contributed by atoms with Crippen LogP contribution < -0.4 is 11.1 Å². The molecule has 0 radical (unpaired) electrons. The first-order valence-corrected chi connectivity index (χ1v) is 11.0. The Labute approximate surface area is 182 Å². The van der Waals surface area contributed by atoms with Gasteiger partial charge in [-0.25, -0.2) is 4.68 Å². The van der Waals surface area contributed by atoms with Crippen molar-refractivity contribution >= 4 is 17.6 Å². The predicted octanol–water partition coefficient (Wildman–Crippen LogP) is 2.02. The topological polar surface area (TPSA) is 117 Å². The summed E-state index contributed by atoms with van der Waals surface area (Å²) in [5.41, 5.74) is 7.97. The zero-order chi connectivity index (χ0) is 21.8. The number of carbonyl (C=O) groups is 2. The van der Waals surface area contributed by atoms with Crippen LogP contribution >= 0.6 is 0 Å². The summed E-state index contributed by atoms with van der Waals surface area (Å²) in [5, 5.41) is 17.0. The highest BCUT2D eigenvalue weighted by atomic mass is 16.2. The van der Waals surface area contributed by atoms with Gasteiger partial charge < -0.3 is 16.0 Å². The molecule has 1 aromatic carbocycles. The van der Waals surface area contributed by atoms with Crippen molar-refractivity contribution < 1.29 is 9.59 Å². The van der Waals surface area contributed by atoms with E-state index in [1.165, 1.54) is 0 Å². The minimum absolute atomic E-state index is 0.0362. The van der Waals surface area contributed by atoms with Crippen molar-refractivity contribution in [1.29, 1.82) is 5.26 Å². The van der Waals surface area contributed by atoms with Crippen molar-refractivity contribution in [3.63, 3.8) is 0 Å². The van der Waals surface area contributed by atoms with E-state index in [4.69, 9.17) is 5.73 Å². The second-order valence-electron chi connectivity index (χ2n) is 8.33. The molecule has 0 unspecified atom stereocenters. The van der Waals surface area contributed by atoms with Crippen LogP contribution in [0.1, 0.15) is 43.4 Å². The number of benzene rings is 1. The summed E-state index contributed by atoms with van der Waals surface area (Å²) >= 11 is 0. The first-order chi connectivity index (χ1) is 15.1. The third-order valence-corrected chi connectivity index (χ3v) is 6.10. The van der Waals surface area contributed by atoms with Gasteiger partial charge in [-0.15, -0.1) is 0 Å². The number of nitrogens with two attached hydrogens (primary N) is 1. The van der Waals surface area contributed by atoms with Crippen LogP contribution in [0, 0.1) is 23.2 Å². The summed E-state index contributed by atoms with van der Waals surface area (Å²) in [5.74, 6) is 0.851. The van der Waals surface area contributed by atoms with Gasteiger partial charge in [0.2, 0.25) is 11.8 Å². The number of nitriles is 1. The lowest BCUT2D eigenvalue weighted by Crippen LogP contribution is -2.43. The average Bonchev–Trinajstić information content (AvgIpc) is 3.60. The molecule has 2 fully saturated rings. The van der Waals surface area contributed by atoms with E-state index in [2.05, 4.69) is 16.5 Å². The SMILES string of the molecule is N#Cc1c(CCCNC(=O)C2CCN(C(=O)C3CC3)CC2)nn(-c2ccccc2)c1N. The lowest BCUT2D eigenvalue weighted by molar-refractivity contribution is -0.136.